The van der Waals surface area contributed by atoms with Gasteiger partial charge in [0, 0.05) is 28.7 Å². The Bertz CT molecular complexity index is 1510. The molecule has 0 saturated heterocycles. The average Bonchev–Trinajstić information content (AvgIpc) is 3.66. The summed E-state index contributed by atoms with van der Waals surface area (Å²) in [5.74, 6) is 1.34. The summed E-state index contributed by atoms with van der Waals surface area (Å²) in [7, 11) is 1.38. The quantitative estimate of drug-likeness (QED) is 0.344. The van der Waals surface area contributed by atoms with E-state index >= 15 is 4.39 Å². The van der Waals surface area contributed by atoms with Crippen molar-refractivity contribution in [3.63, 3.8) is 0 Å². The summed E-state index contributed by atoms with van der Waals surface area (Å²) in [5, 5.41) is 14.2. The Labute approximate surface area is 219 Å². The van der Waals surface area contributed by atoms with Crippen LogP contribution in [0.4, 0.5) is 4.39 Å². The third-order valence-electron chi connectivity index (χ3n) is 7.49. The number of fused-ring (bicyclic) bond motifs is 2. The van der Waals surface area contributed by atoms with Crippen molar-refractivity contribution in [2.45, 2.75) is 45.1 Å². The van der Waals surface area contributed by atoms with E-state index in [1.54, 1.807) is 0 Å². The number of benzene rings is 3. The third kappa shape index (κ3) is 4.17. The summed E-state index contributed by atoms with van der Waals surface area (Å²) in [6, 6.07) is 13.1. The molecule has 38 heavy (non-hydrogen) atoms. The van der Waals surface area contributed by atoms with Crippen LogP contribution < -0.4 is 9.47 Å². The van der Waals surface area contributed by atoms with Crippen LogP contribution in [-0.4, -0.2) is 40.3 Å². The Balaban J connectivity index is 1.29. The van der Waals surface area contributed by atoms with Crippen molar-refractivity contribution in [2.24, 2.45) is 0 Å². The van der Waals surface area contributed by atoms with Gasteiger partial charge in [-0.05, 0) is 89.2 Å². The molecule has 2 aliphatic rings. The first-order chi connectivity index (χ1) is 18.4. The van der Waals surface area contributed by atoms with E-state index in [9.17, 15) is 4.79 Å². The summed E-state index contributed by atoms with van der Waals surface area (Å²) in [6.45, 7) is 4.52. The average molecular weight is 515 g/mol. The summed E-state index contributed by atoms with van der Waals surface area (Å²) in [4.78, 5) is 11.7. The number of rotatable bonds is 6. The number of esters is 1. The number of halogens is 1. The molecule has 4 aromatic rings. The maximum absolute atomic E-state index is 15.2. The number of ether oxygens (including phenoxy) is 3. The second-order valence-electron chi connectivity index (χ2n) is 9.86. The van der Waals surface area contributed by atoms with Crippen LogP contribution in [0.15, 0.2) is 42.5 Å². The summed E-state index contributed by atoms with van der Waals surface area (Å²) in [6.07, 6.45) is 1.24. The van der Waals surface area contributed by atoms with Crippen molar-refractivity contribution in [3.8, 4) is 34.0 Å². The summed E-state index contributed by atoms with van der Waals surface area (Å²) in [5.41, 5.74) is 7.67. The minimum atomic E-state index is -0.407. The van der Waals surface area contributed by atoms with Crippen LogP contribution in [0.3, 0.4) is 0 Å². The van der Waals surface area contributed by atoms with Crippen LogP contribution >= 0.6 is 0 Å². The number of nitrogens with zero attached hydrogens (tertiary/aromatic N) is 3. The number of tetrazole rings is 1. The molecule has 9 heteroatoms. The fourth-order valence-corrected chi connectivity index (χ4v) is 5.78. The van der Waals surface area contributed by atoms with Gasteiger partial charge in [0.2, 0.25) is 0 Å². The van der Waals surface area contributed by atoms with E-state index in [0.717, 1.165) is 38.9 Å². The zero-order valence-electron chi connectivity index (χ0n) is 21.4. The smallest absolute Gasteiger partial charge is 0.306 e. The van der Waals surface area contributed by atoms with Gasteiger partial charge >= 0.3 is 5.97 Å². The Morgan fingerprint density at radius 2 is 1.97 bits per heavy atom. The second kappa shape index (κ2) is 9.55. The van der Waals surface area contributed by atoms with Crippen LogP contribution in [0, 0.1) is 19.7 Å². The molecule has 0 fully saturated rings. The highest BCUT2D eigenvalue weighted by Crippen LogP contribution is 2.45. The minimum absolute atomic E-state index is 0.0445. The lowest BCUT2D eigenvalue weighted by Gasteiger charge is -2.19. The molecule has 1 unspecified atom stereocenters. The predicted octanol–water partition coefficient (Wildman–Crippen LogP) is 5.40. The third-order valence-corrected chi connectivity index (χ3v) is 7.49. The lowest BCUT2D eigenvalue weighted by atomic mass is 9.89. The molecule has 8 nitrogen and oxygen atoms in total. The molecule has 3 aromatic carbocycles. The van der Waals surface area contributed by atoms with E-state index in [1.165, 1.54) is 13.2 Å². The minimum Gasteiger partial charge on any atom is -0.492 e. The number of aromatic amines is 1. The fraction of sp³-hybridized carbons (Fsp3) is 0.310. The van der Waals surface area contributed by atoms with Crippen LogP contribution in [0.5, 0.6) is 11.5 Å². The first-order valence-electron chi connectivity index (χ1n) is 12.6. The topological polar surface area (TPSA) is 99.2 Å². The number of H-pyrrole nitrogens is 1. The van der Waals surface area contributed by atoms with Crippen molar-refractivity contribution in [1.82, 2.24) is 20.6 Å². The molecule has 194 valence electrons. The van der Waals surface area contributed by atoms with Crippen LogP contribution in [0.25, 0.3) is 22.5 Å². The lowest BCUT2D eigenvalue weighted by molar-refractivity contribution is -0.141. The number of aromatic nitrogens is 4. The number of aryl methyl sites for hydroxylation is 2. The van der Waals surface area contributed by atoms with Gasteiger partial charge in [-0.1, -0.05) is 12.1 Å². The summed E-state index contributed by atoms with van der Waals surface area (Å²) < 4.78 is 32.2. The van der Waals surface area contributed by atoms with Gasteiger partial charge in [-0.25, -0.2) is 9.49 Å². The van der Waals surface area contributed by atoms with Gasteiger partial charge in [-0.15, -0.1) is 5.10 Å². The van der Waals surface area contributed by atoms with Crippen molar-refractivity contribution in [1.29, 1.82) is 0 Å². The largest absolute Gasteiger partial charge is 0.492 e. The number of hydrogen-bond donors (Lipinski definition) is 1. The van der Waals surface area contributed by atoms with Gasteiger partial charge in [-0.3, -0.25) is 4.79 Å². The van der Waals surface area contributed by atoms with E-state index in [1.807, 2.05) is 50.2 Å². The lowest BCUT2D eigenvalue weighted by Crippen LogP contribution is -2.09. The monoisotopic (exact) mass is 514 g/mol. The van der Waals surface area contributed by atoms with Crippen molar-refractivity contribution < 1.29 is 23.4 Å². The number of hydrogen-bond acceptors (Lipinski definition) is 7. The van der Waals surface area contributed by atoms with Crippen LogP contribution in [0.2, 0.25) is 0 Å². The van der Waals surface area contributed by atoms with Crippen molar-refractivity contribution in [3.05, 3.63) is 76.1 Å². The second-order valence-corrected chi connectivity index (χ2v) is 9.86. The molecule has 0 bridgehead atoms. The highest BCUT2D eigenvalue weighted by molar-refractivity contribution is 5.78. The Morgan fingerprint density at radius 3 is 2.71 bits per heavy atom. The molecule has 0 saturated carbocycles. The molecule has 0 amide bonds. The molecule has 0 spiro atoms. The first-order valence-corrected chi connectivity index (χ1v) is 12.6. The number of nitrogens with one attached hydrogen (secondary N) is 1. The maximum atomic E-state index is 15.2. The van der Waals surface area contributed by atoms with E-state index in [4.69, 9.17) is 14.2 Å². The Hall–Kier alpha value is -4.27. The summed E-state index contributed by atoms with van der Waals surface area (Å²) >= 11 is 0. The Kier molecular flexibility index (Phi) is 6.06. The number of methoxy groups -OCH3 is 1. The number of carbonyl (C=O) groups excluding carboxylic acids is 1. The van der Waals surface area contributed by atoms with Crippen LogP contribution in [0.1, 0.15) is 52.7 Å². The molecule has 6 rings (SSSR count). The maximum Gasteiger partial charge on any atom is 0.306 e. The van der Waals surface area contributed by atoms with Gasteiger partial charge in [0.15, 0.2) is 5.82 Å². The number of carbonyl (C=O) groups is 1. The fourth-order valence-electron chi connectivity index (χ4n) is 5.78. The molecule has 1 aliphatic heterocycles. The van der Waals surface area contributed by atoms with Gasteiger partial charge in [0.1, 0.15) is 23.4 Å². The molecule has 1 N–H and O–H groups in total. The SMILES string of the molecule is COC(=O)CC1COc2cc(O[C@@H]3CCc4c(-c5c(C)cc(-c6nnn[nH]6)cc5C)ccc(F)c43)ccc21. The molecule has 1 aromatic heterocycles. The van der Waals surface area contributed by atoms with E-state index in [0.29, 0.717) is 42.3 Å². The highest BCUT2D eigenvalue weighted by Gasteiger charge is 2.32. The zero-order chi connectivity index (χ0) is 26.4. The van der Waals surface area contributed by atoms with Gasteiger partial charge in [0.05, 0.1) is 20.1 Å². The molecule has 2 atom stereocenters. The molecule has 0 radical (unpaired) electrons. The van der Waals surface area contributed by atoms with Crippen molar-refractivity contribution >= 4 is 5.97 Å². The van der Waals surface area contributed by atoms with E-state index in [2.05, 4.69) is 20.6 Å². The Morgan fingerprint density at radius 1 is 1.16 bits per heavy atom. The van der Waals surface area contributed by atoms with E-state index in [-0.39, 0.29) is 24.1 Å². The predicted molar refractivity (Wildman–Crippen MR) is 137 cm³/mol. The molecular formula is C29H27FN4O4. The molecular weight excluding hydrogens is 487 g/mol. The first kappa shape index (κ1) is 24.1. The standard InChI is InChI=1S/C29H27FN4O4/c1-15-10-17(29-31-33-34-32-29)11-16(2)27(15)21-6-8-23(30)28-22(21)7-9-24(28)38-19-4-5-20-18(12-26(35)36-3)14-37-25(20)13-19/h4-6,8,10-11,13,18,24H,7,9,12,14H2,1-3H3,(H,31,32,33,34)/t18?,24-/m1/s1. The van der Waals surface area contributed by atoms with Gasteiger partial charge in [0.25, 0.3) is 0 Å². The molecule has 1 aliphatic carbocycles. The van der Waals surface area contributed by atoms with E-state index < -0.39 is 6.10 Å². The van der Waals surface area contributed by atoms with Crippen LogP contribution in [-0.2, 0) is 16.0 Å². The molecule has 2 heterocycles. The van der Waals surface area contributed by atoms with Gasteiger partial charge < -0.3 is 14.2 Å². The van der Waals surface area contributed by atoms with Crippen molar-refractivity contribution in [2.75, 3.05) is 13.7 Å². The zero-order valence-corrected chi connectivity index (χ0v) is 21.4. The van der Waals surface area contributed by atoms with Gasteiger partial charge in [-0.2, -0.15) is 0 Å². The normalized spacial score (nSPS) is 17.6. The highest BCUT2D eigenvalue weighted by atomic mass is 19.1.